The van der Waals surface area contributed by atoms with Crippen LogP contribution < -0.4 is 4.90 Å². The van der Waals surface area contributed by atoms with E-state index in [2.05, 4.69) is 6.92 Å². The topological polar surface area (TPSA) is 63.7 Å². The van der Waals surface area contributed by atoms with Crippen LogP contribution in [0, 0.1) is 18.7 Å². The number of rotatable bonds is 8. The number of ether oxygens (including phenoxy) is 1. The van der Waals surface area contributed by atoms with Crippen LogP contribution in [0.25, 0.3) is 0 Å². The number of esters is 1. The molecule has 27 heavy (non-hydrogen) atoms. The molecule has 0 aliphatic rings. The number of halogens is 2. The lowest BCUT2D eigenvalue weighted by atomic mass is 10.0. The van der Waals surface area contributed by atoms with Crippen LogP contribution in [0.1, 0.15) is 53.0 Å². The highest BCUT2D eigenvalue weighted by molar-refractivity contribution is 6.31. The number of hydrogen-bond acceptors (Lipinski definition) is 5. The fourth-order valence-corrected chi connectivity index (χ4v) is 2.82. The smallest absolute Gasteiger partial charge is 0.373 e. The van der Waals surface area contributed by atoms with Crippen molar-refractivity contribution in [2.75, 3.05) is 11.4 Å². The van der Waals surface area contributed by atoms with E-state index >= 15 is 0 Å². The first kappa shape index (κ1) is 25.1. The fraction of sp³-hybridized carbons (Fsp3) is 0.600. The summed E-state index contributed by atoms with van der Waals surface area (Å²) in [7, 11) is 0. The molecule has 152 valence electrons. The van der Waals surface area contributed by atoms with Crippen molar-refractivity contribution in [3.05, 3.63) is 28.5 Å². The summed E-state index contributed by atoms with van der Waals surface area (Å²) in [5, 5.41) is 0.367. The minimum atomic E-state index is -0.475. The first-order valence-corrected chi connectivity index (χ1v) is 9.40. The quantitative estimate of drug-likeness (QED) is 0.586. The molecule has 0 spiro atoms. The Labute approximate surface area is 165 Å². The normalized spacial score (nSPS) is 11.5. The Balaban J connectivity index is 0.00000210. The van der Waals surface area contributed by atoms with Crippen molar-refractivity contribution in [2.24, 2.45) is 5.92 Å². The molecule has 1 atom stereocenters. The van der Waals surface area contributed by atoms with Gasteiger partial charge in [0.2, 0.25) is 0 Å². The van der Waals surface area contributed by atoms with Crippen LogP contribution in [0.5, 0.6) is 0 Å². The first-order chi connectivity index (χ1) is 12.6. The highest BCUT2D eigenvalue weighted by Gasteiger charge is 2.31. The average molecular weight is 402 g/mol. The van der Waals surface area contributed by atoms with Gasteiger partial charge >= 0.3 is 12.1 Å². The van der Waals surface area contributed by atoms with Gasteiger partial charge in [-0.1, -0.05) is 38.8 Å². The minimum absolute atomic E-state index is 0.0243. The maximum absolute atomic E-state index is 14.2. The summed E-state index contributed by atoms with van der Waals surface area (Å²) in [6.07, 6.45) is 1.93. The molecule has 0 bridgehead atoms. The Hall–Kier alpha value is -1.91. The maximum Gasteiger partial charge on any atom is 0.373 e. The van der Waals surface area contributed by atoms with E-state index in [9.17, 15) is 9.18 Å². The second kappa shape index (κ2) is 12.5. The standard InChI is InChI=1S/C19H29ClFNO2.CO2/c1-7-8-9-22(15-10-16(20)14(6)17(21)11-15)18(12(2)3)19(23)24-13(4)5;2-1-3/h10-13,18H,7-9H2,1-6H3;. The van der Waals surface area contributed by atoms with Gasteiger partial charge in [0, 0.05) is 22.8 Å². The molecular formula is C20H29ClFNO4. The van der Waals surface area contributed by atoms with Crippen molar-refractivity contribution in [3.63, 3.8) is 0 Å². The third-order valence-electron chi connectivity index (χ3n) is 3.91. The number of carbonyl (C=O) groups is 1. The van der Waals surface area contributed by atoms with Gasteiger partial charge in [-0.3, -0.25) is 0 Å². The maximum atomic E-state index is 14.2. The molecule has 0 heterocycles. The largest absolute Gasteiger partial charge is 0.461 e. The zero-order valence-corrected chi connectivity index (χ0v) is 17.6. The molecular weight excluding hydrogens is 373 g/mol. The molecule has 1 unspecified atom stereocenters. The third-order valence-corrected chi connectivity index (χ3v) is 4.30. The van der Waals surface area contributed by atoms with Crippen LogP contribution in [0.15, 0.2) is 12.1 Å². The molecule has 0 saturated carbocycles. The lowest BCUT2D eigenvalue weighted by molar-refractivity contribution is -0.191. The van der Waals surface area contributed by atoms with E-state index in [1.807, 2.05) is 32.6 Å². The number of hydrogen-bond donors (Lipinski definition) is 0. The summed E-state index contributed by atoms with van der Waals surface area (Å²) in [5.74, 6) is -0.622. The minimum Gasteiger partial charge on any atom is -0.461 e. The Morgan fingerprint density at radius 1 is 1.26 bits per heavy atom. The molecule has 0 N–H and O–H groups in total. The fourth-order valence-electron chi connectivity index (χ4n) is 2.62. The second-order valence-corrected chi connectivity index (χ2v) is 7.25. The SMILES string of the molecule is CCCCN(c1cc(F)c(C)c(Cl)c1)C(C(=O)OC(C)C)C(C)C.O=C=O. The van der Waals surface area contributed by atoms with Crippen molar-refractivity contribution < 1.29 is 23.5 Å². The Morgan fingerprint density at radius 3 is 2.22 bits per heavy atom. The van der Waals surface area contributed by atoms with E-state index in [1.54, 1.807) is 13.0 Å². The van der Waals surface area contributed by atoms with Crippen LogP contribution in [-0.2, 0) is 19.1 Å². The number of unbranched alkanes of at least 4 members (excludes halogenated alkanes) is 1. The molecule has 0 amide bonds. The van der Waals surface area contributed by atoms with E-state index in [-0.39, 0.29) is 30.0 Å². The predicted octanol–water partition coefficient (Wildman–Crippen LogP) is 4.79. The van der Waals surface area contributed by atoms with E-state index in [0.717, 1.165) is 12.8 Å². The van der Waals surface area contributed by atoms with E-state index in [4.69, 9.17) is 25.9 Å². The van der Waals surface area contributed by atoms with Crippen molar-refractivity contribution >= 4 is 29.4 Å². The number of carbonyl (C=O) groups excluding carboxylic acids is 3. The summed E-state index contributed by atoms with van der Waals surface area (Å²) in [6.45, 7) is 12.0. The molecule has 7 heteroatoms. The van der Waals surface area contributed by atoms with E-state index < -0.39 is 6.04 Å². The predicted molar refractivity (Wildman–Crippen MR) is 103 cm³/mol. The van der Waals surface area contributed by atoms with Crippen LogP contribution in [0.3, 0.4) is 0 Å². The lowest BCUT2D eigenvalue weighted by Gasteiger charge is -2.35. The van der Waals surface area contributed by atoms with Gasteiger partial charge in [0.25, 0.3) is 0 Å². The van der Waals surface area contributed by atoms with Crippen molar-refractivity contribution in [1.29, 1.82) is 0 Å². The van der Waals surface area contributed by atoms with Gasteiger partial charge < -0.3 is 9.64 Å². The van der Waals surface area contributed by atoms with Gasteiger partial charge in [-0.05, 0) is 45.2 Å². The Bertz CT molecular complexity index is 620. The number of nitrogens with zero attached hydrogens (tertiary/aromatic N) is 1. The van der Waals surface area contributed by atoms with Gasteiger partial charge in [-0.2, -0.15) is 9.59 Å². The molecule has 1 rings (SSSR count). The van der Waals surface area contributed by atoms with Gasteiger partial charge in [0.1, 0.15) is 11.9 Å². The van der Waals surface area contributed by atoms with Crippen molar-refractivity contribution in [3.8, 4) is 0 Å². The summed E-state index contributed by atoms with van der Waals surface area (Å²) in [5.41, 5.74) is 1.04. The highest BCUT2D eigenvalue weighted by Crippen LogP contribution is 2.29. The Kier molecular flexibility index (Phi) is 11.6. The monoisotopic (exact) mass is 401 g/mol. The molecule has 0 saturated heterocycles. The second-order valence-electron chi connectivity index (χ2n) is 6.84. The molecule has 1 aromatic carbocycles. The molecule has 0 fully saturated rings. The van der Waals surface area contributed by atoms with Gasteiger partial charge in [0.05, 0.1) is 6.10 Å². The summed E-state index contributed by atoms with van der Waals surface area (Å²) < 4.78 is 19.6. The van der Waals surface area contributed by atoms with Crippen LogP contribution in [0.2, 0.25) is 5.02 Å². The zero-order valence-electron chi connectivity index (χ0n) is 16.8. The molecule has 0 aliphatic carbocycles. The van der Waals surface area contributed by atoms with Gasteiger partial charge in [-0.25, -0.2) is 9.18 Å². The highest BCUT2D eigenvalue weighted by atomic mass is 35.5. The Morgan fingerprint density at radius 2 is 1.81 bits per heavy atom. The number of benzene rings is 1. The lowest BCUT2D eigenvalue weighted by Crippen LogP contribution is -2.47. The molecule has 1 aromatic rings. The molecule has 0 aliphatic heterocycles. The first-order valence-electron chi connectivity index (χ1n) is 9.02. The van der Waals surface area contributed by atoms with Crippen molar-refractivity contribution in [1.82, 2.24) is 0 Å². The summed E-state index contributed by atoms with van der Waals surface area (Å²) in [6, 6.07) is 2.71. The van der Waals surface area contributed by atoms with Crippen LogP contribution in [-0.4, -0.2) is 30.8 Å². The molecule has 0 aromatic heterocycles. The molecule has 5 nitrogen and oxygen atoms in total. The van der Waals surface area contributed by atoms with E-state index in [0.29, 0.717) is 22.8 Å². The number of anilines is 1. The summed E-state index contributed by atoms with van der Waals surface area (Å²) in [4.78, 5) is 30.8. The zero-order chi connectivity index (χ0) is 21.1. The summed E-state index contributed by atoms with van der Waals surface area (Å²) >= 11 is 6.16. The van der Waals surface area contributed by atoms with Crippen molar-refractivity contribution in [2.45, 2.75) is 66.5 Å². The van der Waals surface area contributed by atoms with Crippen LogP contribution in [0.4, 0.5) is 10.1 Å². The average Bonchev–Trinajstić information content (AvgIpc) is 2.55. The molecule has 0 radical (unpaired) electrons. The third kappa shape index (κ3) is 8.10. The van der Waals surface area contributed by atoms with Gasteiger partial charge in [0.15, 0.2) is 0 Å². The van der Waals surface area contributed by atoms with Crippen LogP contribution >= 0.6 is 11.6 Å². The van der Waals surface area contributed by atoms with E-state index in [1.165, 1.54) is 6.07 Å². The van der Waals surface area contributed by atoms with Gasteiger partial charge in [-0.15, -0.1) is 0 Å².